The fourth-order valence-corrected chi connectivity index (χ4v) is 9.92. The van der Waals surface area contributed by atoms with Crippen LogP contribution in [-0.2, 0) is 24.0 Å². The van der Waals surface area contributed by atoms with Crippen molar-refractivity contribution in [3.8, 4) is 28.7 Å². The van der Waals surface area contributed by atoms with E-state index in [4.69, 9.17) is 33.7 Å². The van der Waals surface area contributed by atoms with Crippen molar-refractivity contribution in [2.24, 2.45) is 15.9 Å². The molecule has 416 valence electrons. The van der Waals surface area contributed by atoms with Crippen LogP contribution in [0.2, 0.25) is 0 Å². The number of imide groups is 1. The van der Waals surface area contributed by atoms with E-state index in [2.05, 4.69) is 16.0 Å². The zero-order chi connectivity index (χ0) is 56.6. The minimum atomic E-state index is -0.926. The largest absolute Gasteiger partial charge is 0.497 e. The summed E-state index contributed by atoms with van der Waals surface area (Å²) in [6.45, 7) is 5.94. The average molecular weight is 1090 g/mol. The zero-order valence-electron chi connectivity index (χ0n) is 45.5. The van der Waals surface area contributed by atoms with E-state index in [9.17, 15) is 33.6 Å². The summed E-state index contributed by atoms with van der Waals surface area (Å²) in [7, 11) is 4.65. The quantitative estimate of drug-likeness (QED) is 0.0482. The first-order valence-corrected chi connectivity index (χ1v) is 26.7. The monoisotopic (exact) mass is 1090 g/mol. The van der Waals surface area contributed by atoms with Gasteiger partial charge in [0.25, 0.3) is 23.6 Å². The van der Waals surface area contributed by atoms with Crippen molar-refractivity contribution in [1.29, 1.82) is 0 Å². The number of fused-ring (bicyclic) bond motifs is 4. The normalized spacial score (nSPS) is 17.6. The van der Waals surface area contributed by atoms with Gasteiger partial charge in [-0.05, 0) is 84.4 Å². The SMILES string of the molecule is COc1ccc(C2=CN3C(=O)c4cc(OC)c(OCCCOc5cc6c(cc5OC)C(=O)N5C=C(c7ccc(NC(=O)C(C)NC(=O)C(NC(=O)CCCCCN8C(=O)C=CC8=O)C(C)C)cc7)CC5C=N6)cc4N=CC3C2)cc1. The number of rotatable bonds is 23. The number of nitrogens with zero attached hydrogens (tertiary/aromatic N) is 5. The van der Waals surface area contributed by atoms with Gasteiger partial charge < -0.3 is 49.4 Å². The van der Waals surface area contributed by atoms with Crippen molar-refractivity contribution in [3.63, 3.8) is 0 Å². The summed E-state index contributed by atoms with van der Waals surface area (Å²) in [5, 5.41) is 8.34. The molecule has 0 bridgehead atoms. The van der Waals surface area contributed by atoms with Gasteiger partial charge in [-0.3, -0.25) is 48.4 Å². The third-order valence-electron chi connectivity index (χ3n) is 14.4. The lowest BCUT2D eigenvalue weighted by molar-refractivity contribution is -0.137. The zero-order valence-corrected chi connectivity index (χ0v) is 45.5. The van der Waals surface area contributed by atoms with Crippen LogP contribution in [0.25, 0.3) is 11.1 Å². The average Bonchev–Trinajstić information content (AvgIpc) is 4.15. The Balaban J connectivity index is 0.739. The van der Waals surface area contributed by atoms with Crippen LogP contribution in [0.15, 0.2) is 107 Å². The minimum Gasteiger partial charge on any atom is -0.497 e. The van der Waals surface area contributed by atoms with Crippen LogP contribution in [0.5, 0.6) is 28.7 Å². The molecule has 0 saturated heterocycles. The first kappa shape index (κ1) is 55.7. The highest BCUT2D eigenvalue weighted by atomic mass is 16.5. The van der Waals surface area contributed by atoms with Crippen molar-refractivity contribution < 1.29 is 57.2 Å². The number of hydrogen-bond acceptors (Lipinski definition) is 14. The molecule has 5 aliphatic heterocycles. The minimum absolute atomic E-state index is 0.162. The van der Waals surface area contributed by atoms with E-state index in [0.717, 1.165) is 32.9 Å². The van der Waals surface area contributed by atoms with E-state index in [-0.39, 0.29) is 73.7 Å². The van der Waals surface area contributed by atoms with Crippen LogP contribution in [-0.4, -0.2) is 134 Å². The summed E-state index contributed by atoms with van der Waals surface area (Å²) in [5.41, 5.74) is 5.94. The highest BCUT2D eigenvalue weighted by Crippen LogP contribution is 2.42. The molecule has 20 heteroatoms. The Hall–Kier alpha value is -9.07. The van der Waals surface area contributed by atoms with Gasteiger partial charge in [-0.25, -0.2) is 0 Å². The number of ether oxygens (including phenoxy) is 5. The lowest BCUT2D eigenvalue weighted by atomic mass is 10.0. The van der Waals surface area contributed by atoms with Crippen molar-refractivity contribution in [1.82, 2.24) is 25.3 Å². The van der Waals surface area contributed by atoms with Gasteiger partial charge in [0.15, 0.2) is 23.0 Å². The highest BCUT2D eigenvalue weighted by Gasteiger charge is 2.36. The molecule has 0 fully saturated rings. The molecule has 9 rings (SSSR count). The molecule has 0 aromatic heterocycles. The van der Waals surface area contributed by atoms with Gasteiger partial charge in [-0.2, -0.15) is 0 Å². The van der Waals surface area contributed by atoms with Crippen molar-refractivity contribution in [2.45, 2.75) is 89.9 Å². The molecule has 0 aliphatic carbocycles. The summed E-state index contributed by atoms with van der Waals surface area (Å²) in [4.78, 5) is 105. The number of carbonyl (C=O) groups is 7. The molecule has 20 nitrogen and oxygen atoms in total. The van der Waals surface area contributed by atoms with Crippen LogP contribution in [0.1, 0.15) is 97.6 Å². The summed E-state index contributed by atoms with van der Waals surface area (Å²) in [5.74, 6) is -0.270. The summed E-state index contributed by atoms with van der Waals surface area (Å²) < 4.78 is 29.0. The first-order chi connectivity index (χ1) is 38.6. The molecule has 80 heavy (non-hydrogen) atoms. The van der Waals surface area contributed by atoms with Crippen LogP contribution < -0.4 is 39.6 Å². The molecular weight excluding hydrogens is 1020 g/mol. The Morgan fingerprint density at radius 2 is 1.14 bits per heavy atom. The molecule has 4 unspecified atom stereocenters. The molecule has 0 spiro atoms. The van der Waals surface area contributed by atoms with Crippen LogP contribution in [0, 0.1) is 5.92 Å². The maximum absolute atomic E-state index is 14.1. The van der Waals surface area contributed by atoms with Crippen LogP contribution >= 0.6 is 0 Å². The Labute approximate surface area is 463 Å². The number of methoxy groups -OCH3 is 3. The second-order valence-corrected chi connectivity index (χ2v) is 20.2. The lowest BCUT2D eigenvalue weighted by Gasteiger charge is -2.24. The van der Waals surface area contributed by atoms with E-state index >= 15 is 0 Å². The fraction of sp³-hybridized carbons (Fsp3) is 0.350. The van der Waals surface area contributed by atoms with Gasteiger partial charge >= 0.3 is 0 Å². The fourth-order valence-electron chi connectivity index (χ4n) is 9.92. The third kappa shape index (κ3) is 12.4. The molecule has 7 amide bonds. The molecular formula is C60H64N8O12. The number of hydrogen-bond donors (Lipinski definition) is 3. The topological polar surface area (TPSA) is 236 Å². The standard InChI is InChI=1S/C60H64N8O12/c1-35(2)56(65-53(69)11-8-7-9-22-66-54(70)20-21-55(66)71)58(73)63-36(3)57(72)64-41-16-12-37(13-17-41)39-25-42-31-61-47-29-51(49(77-5)27-45(47)59(74)67(42)33-39)79-23-10-24-80-52-30-48-46(28-50(52)78-6)60(75)68-34-40(26-43(68)32-62-48)38-14-18-44(76-4)19-15-38/h12-21,27-36,42-43,56H,7-11,22-26H2,1-6H3,(H,63,73)(H,64,72)(H,65,69). The van der Waals surface area contributed by atoms with E-state index in [1.807, 2.05) is 48.8 Å². The maximum atomic E-state index is 14.1. The Morgan fingerprint density at radius 1 is 0.613 bits per heavy atom. The number of benzene rings is 4. The van der Waals surface area contributed by atoms with Crippen molar-refractivity contribution >= 4 is 82.0 Å². The Bertz CT molecular complexity index is 3220. The Morgan fingerprint density at radius 3 is 1.64 bits per heavy atom. The van der Waals surface area contributed by atoms with Gasteiger partial charge in [0, 0.05) is 87.0 Å². The summed E-state index contributed by atoms with van der Waals surface area (Å²) in [6, 6.07) is 19.2. The van der Waals surface area contributed by atoms with Gasteiger partial charge in [0.2, 0.25) is 17.7 Å². The molecule has 4 atom stereocenters. The molecule has 0 saturated carbocycles. The number of aliphatic imine (C=N–C) groups is 2. The predicted octanol–water partition coefficient (Wildman–Crippen LogP) is 7.57. The van der Waals surface area contributed by atoms with Crippen LogP contribution in [0.4, 0.5) is 17.1 Å². The predicted molar refractivity (Wildman–Crippen MR) is 300 cm³/mol. The van der Waals surface area contributed by atoms with E-state index in [1.54, 1.807) is 86.5 Å². The van der Waals surface area contributed by atoms with Gasteiger partial charge in [-0.1, -0.05) is 44.5 Å². The molecule has 0 radical (unpaired) electrons. The van der Waals surface area contributed by atoms with Crippen molar-refractivity contribution in [3.05, 3.63) is 120 Å². The van der Waals surface area contributed by atoms with Gasteiger partial charge in [-0.15, -0.1) is 0 Å². The second kappa shape index (κ2) is 24.7. The van der Waals surface area contributed by atoms with E-state index < -0.39 is 23.9 Å². The molecule has 4 aromatic carbocycles. The first-order valence-electron chi connectivity index (χ1n) is 26.7. The molecule has 5 heterocycles. The number of unbranched alkanes of at least 4 members (excludes halogenated alkanes) is 2. The third-order valence-corrected chi connectivity index (χ3v) is 14.4. The van der Waals surface area contributed by atoms with E-state index in [1.165, 1.54) is 26.4 Å². The van der Waals surface area contributed by atoms with Gasteiger partial charge in [0.1, 0.15) is 17.8 Å². The molecule has 4 aromatic rings. The number of nitrogens with one attached hydrogen (secondary N) is 3. The summed E-state index contributed by atoms with van der Waals surface area (Å²) >= 11 is 0. The number of amides is 7. The number of anilines is 1. The smallest absolute Gasteiger partial charge is 0.260 e. The van der Waals surface area contributed by atoms with Crippen LogP contribution in [0.3, 0.4) is 0 Å². The van der Waals surface area contributed by atoms with Crippen molar-refractivity contribution in [2.75, 3.05) is 46.4 Å². The lowest BCUT2D eigenvalue weighted by Crippen LogP contribution is -2.53. The number of carbonyl (C=O) groups excluding carboxylic acids is 7. The van der Waals surface area contributed by atoms with E-state index in [0.29, 0.717) is 89.7 Å². The second-order valence-electron chi connectivity index (χ2n) is 20.2. The van der Waals surface area contributed by atoms with Gasteiger partial charge in [0.05, 0.1) is 69.1 Å². The highest BCUT2D eigenvalue weighted by molar-refractivity contribution is 6.13. The molecule has 5 aliphatic rings. The summed E-state index contributed by atoms with van der Waals surface area (Å²) in [6.07, 6.45) is 13.1. The Kier molecular flexibility index (Phi) is 17.2. The maximum Gasteiger partial charge on any atom is 0.260 e. The molecule has 3 N–H and O–H groups in total.